The Kier molecular flexibility index (Phi) is 6.82. The molecule has 34 heavy (non-hydrogen) atoms. The summed E-state index contributed by atoms with van der Waals surface area (Å²) in [6.45, 7) is -0.603. The number of hydrogen-bond donors (Lipinski definition) is 5. The fourth-order valence-corrected chi connectivity index (χ4v) is 4.10. The first-order valence-electron chi connectivity index (χ1n) is 10.5. The molecule has 6 atom stereocenters. The Labute approximate surface area is 194 Å². The predicted molar refractivity (Wildman–Crippen MR) is 114 cm³/mol. The number of aromatic hydroxyl groups is 1. The van der Waals surface area contributed by atoms with Crippen LogP contribution in [0.3, 0.4) is 0 Å². The molecule has 2 aliphatic rings. The molecule has 0 spiro atoms. The molecule has 0 bridgehead atoms. The van der Waals surface area contributed by atoms with Gasteiger partial charge in [0, 0.05) is 11.6 Å². The van der Waals surface area contributed by atoms with E-state index in [1.165, 1.54) is 20.3 Å². The Morgan fingerprint density at radius 2 is 1.76 bits per heavy atom. The van der Waals surface area contributed by atoms with E-state index in [1.807, 2.05) is 0 Å². The average Bonchev–Trinajstić information content (AvgIpc) is 2.84. The van der Waals surface area contributed by atoms with Crippen LogP contribution in [0.5, 0.6) is 28.7 Å². The van der Waals surface area contributed by atoms with E-state index in [0.717, 1.165) is 0 Å². The van der Waals surface area contributed by atoms with Gasteiger partial charge in [-0.3, -0.25) is 4.79 Å². The number of Topliss-reactive ketones (excluding diaryl/α,β-unsaturated/α-hetero) is 1. The molecule has 0 amide bonds. The molecule has 11 nitrogen and oxygen atoms in total. The van der Waals surface area contributed by atoms with E-state index >= 15 is 0 Å². The monoisotopic (exact) mass is 478 g/mol. The second-order valence-corrected chi connectivity index (χ2v) is 7.92. The van der Waals surface area contributed by atoms with Crippen molar-refractivity contribution in [3.8, 4) is 28.7 Å². The Morgan fingerprint density at radius 1 is 1.03 bits per heavy atom. The minimum absolute atomic E-state index is 0.0169. The normalized spacial score (nSPS) is 28.6. The number of benzene rings is 2. The molecule has 0 aliphatic carbocycles. The van der Waals surface area contributed by atoms with Crippen LogP contribution in [0.15, 0.2) is 30.3 Å². The minimum Gasteiger partial charge on any atom is -0.507 e. The molecule has 2 aromatic rings. The number of phenols is 1. The molecule has 1 saturated heterocycles. The number of aliphatic hydroxyl groups is 4. The van der Waals surface area contributed by atoms with E-state index in [-0.39, 0.29) is 40.7 Å². The SMILES string of the molecule is COc1cc(O)c2c(c1OC)O[C@H](c1ccccc1O[C@@H]1O[C@@H](CO)[C@H](O)[C@@H](O)[C@@H]1O)CC2=O. The summed E-state index contributed by atoms with van der Waals surface area (Å²) < 4.78 is 27.9. The van der Waals surface area contributed by atoms with Gasteiger partial charge in [-0.05, 0) is 6.07 Å². The Morgan fingerprint density at radius 3 is 2.44 bits per heavy atom. The van der Waals surface area contributed by atoms with Crippen molar-refractivity contribution in [1.82, 2.24) is 0 Å². The van der Waals surface area contributed by atoms with Crippen molar-refractivity contribution >= 4 is 5.78 Å². The quantitative estimate of drug-likeness (QED) is 0.388. The van der Waals surface area contributed by atoms with Crippen molar-refractivity contribution in [3.05, 3.63) is 41.5 Å². The topological polar surface area (TPSA) is 164 Å². The first kappa shape index (κ1) is 24.0. The molecule has 5 N–H and O–H groups in total. The van der Waals surface area contributed by atoms with Gasteiger partial charge in [0.05, 0.1) is 27.2 Å². The summed E-state index contributed by atoms with van der Waals surface area (Å²) in [6.07, 6.45) is -8.30. The van der Waals surface area contributed by atoms with Crippen molar-refractivity contribution in [1.29, 1.82) is 0 Å². The third-order valence-corrected chi connectivity index (χ3v) is 5.87. The number of para-hydroxylation sites is 1. The van der Waals surface area contributed by atoms with Gasteiger partial charge in [0.25, 0.3) is 0 Å². The highest BCUT2D eigenvalue weighted by atomic mass is 16.7. The Bertz CT molecular complexity index is 1050. The largest absolute Gasteiger partial charge is 0.507 e. The van der Waals surface area contributed by atoms with Crippen LogP contribution < -0.4 is 18.9 Å². The number of phenolic OH excluding ortho intramolecular Hbond substituents is 1. The van der Waals surface area contributed by atoms with Crippen LogP contribution in [0.1, 0.15) is 28.4 Å². The molecule has 0 unspecified atom stereocenters. The van der Waals surface area contributed by atoms with Crippen LogP contribution >= 0.6 is 0 Å². The van der Waals surface area contributed by atoms with E-state index in [9.17, 15) is 30.3 Å². The molecule has 4 rings (SSSR count). The number of methoxy groups -OCH3 is 2. The lowest BCUT2D eigenvalue weighted by atomic mass is 9.94. The van der Waals surface area contributed by atoms with Crippen LogP contribution in [0.4, 0.5) is 0 Å². The number of rotatable bonds is 6. The molecule has 2 aromatic carbocycles. The number of ketones is 1. The molecule has 11 heteroatoms. The van der Waals surface area contributed by atoms with E-state index in [2.05, 4.69) is 0 Å². The Balaban J connectivity index is 1.67. The average molecular weight is 478 g/mol. The maximum atomic E-state index is 12.9. The lowest BCUT2D eigenvalue weighted by Gasteiger charge is -2.40. The van der Waals surface area contributed by atoms with Crippen LogP contribution in [-0.4, -0.2) is 82.8 Å². The van der Waals surface area contributed by atoms with Crippen LogP contribution in [0, 0.1) is 0 Å². The summed E-state index contributed by atoms with van der Waals surface area (Å²) in [5.74, 6) is -0.185. The maximum Gasteiger partial charge on any atom is 0.229 e. The number of fused-ring (bicyclic) bond motifs is 1. The molecule has 1 fully saturated rings. The third kappa shape index (κ3) is 4.12. The van der Waals surface area contributed by atoms with Crippen molar-refractivity contribution in [3.63, 3.8) is 0 Å². The summed E-state index contributed by atoms with van der Waals surface area (Å²) in [5.41, 5.74) is 0.393. The van der Waals surface area contributed by atoms with Crippen molar-refractivity contribution in [2.24, 2.45) is 0 Å². The Hall–Kier alpha value is -3.09. The summed E-state index contributed by atoms with van der Waals surface area (Å²) >= 11 is 0. The van der Waals surface area contributed by atoms with Gasteiger partial charge in [0.1, 0.15) is 47.6 Å². The zero-order valence-corrected chi connectivity index (χ0v) is 18.5. The van der Waals surface area contributed by atoms with Gasteiger partial charge in [0.15, 0.2) is 17.3 Å². The van der Waals surface area contributed by atoms with Gasteiger partial charge < -0.3 is 49.2 Å². The summed E-state index contributed by atoms with van der Waals surface area (Å²) in [6, 6.07) is 7.82. The van der Waals surface area contributed by atoms with E-state index in [1.54, 1.807) is 24.3 Å². The van der Waals surface area contributed by atoms with Crippen LogP contribution in [0.2, 0.25) is 0 Å². The lowest BCUT2D eigenvalue weighted by Crippen LogP contribution is -2.60. The number of hydrogen-bond acceptors (Lipinski definition) is 11. The standard InChI is InChI=1S/C23H26O11/c1-30-15-8-12(26)17-11(25)7-14(32-22(17)21(15)31-2)10-5-3-4-6-13(10)33-23-20(29)19(28)18(27)16(9-24)34-23/h3-6,8,14,16,18-20,23-24,26-29H,7,9H2,1-2H3/t14-,16-,18-,19+,20-,23+/m0/s1. The smallest absolute Gasteiger partial charge is 0.229 e. The fraction of sp³-hybridized carbons (Fsp3) is 0.435. The molecule has 184 valence electrons. The van der Waals surface area contributed by atoms with Gasteiger partial charge >= 0.3 is 0 Å². The zero-order valence-electron chi connectivity index (χ0n) is 18.5. The van der Waals surface area contributed by atoms with Gasteiger partial charge in [-0.1, -0.05) is 18.2 Å². The van der Waals surface area contributed by atoms with E-state index in [0.29, 0.717) is 5.56 Å². The lowest BCUT2D eigenvalue weighted by molar-refractivity contribution is -0.277. The molecule has 2 heterocycles. The van der Waals surface area contributed by atoms with Crippen LogP contribution in [0.25, 0.3) is 0 Å². The van der Waals surface area contributed by atoms with Crippen molar-refractivity contribution < 1.29 is 54.0 Å². The van der Waals surface area contributed by atoms with Crippen molar-refractivity contribution in [2.45, 2.75) is 43.2 Å². The number of ether oxygens (including phenoxy) is 5. The highest BCUT2D eigenvalue weighted by Crippen LogP contribution is 2.50. The molecule has 0 aromatic heterocycles. The van der Waals surface area contributed by atoms with Gasteiger partial charge in [0.2, 0.25) is 12.0 Å². The van der Waals surface area contributed by atoms with Gasteiger partial charge in [-0.2, -0.15) is 0 Å². The van der Waals surface area contributed by atoms with Gasteiger partial charge in [-0.25, -0.2) is 0 Å². The molecular formula is C23H26O11. The summed E-state index contributed by atoms with van der Waals surface area (Å²) in [4.78, 5) is 12.9. The van der Waals surface area contributed by atoms with Crippen molar-refractivity contribution in [2.75, 3.05) is 20.8 Å². The second-order valence-electron chi connectivity index (χ2n) is 7.92. The minimum atomic E-state index is -1.61. The maximum absolute atomic E-state index is 12.9. The first-order chi connectivity index (χ1) is 16.3. The second kappa shape index (κ2) is 9.65. The molecule has 0 radical (unpaired) electrons. The predicted octanol–water partition coefficient (Wildman–Crippen LogP) is 0.295. The molecule has 2 aliphatic heterocycles. The number of aliphatic hydroxyl groups excluding tert-OH is 4. The molecular weight excluding hydrogens is 452 g/mol. The van der Waals surface area contributed by atoms with E-state index in [4.69, 9.17) is 23.7 Å². The zero-order chi connectivity index (χ0) is 24.6. The fourth-order valence-electron chi connectivity index (χ4n) is 4.10. The van der Waals surface area contributed by atoms with E-state index < -0.39 is 49.2 Å². The first-order valence-corrected chi connectivity index (χ1v) is 10.5. The summed E-state index contributed by atoms with van der Waals surface area (Å²) in [7, 11) is 2.76. The highest BCUT2D eigenvalue weighted by molar-refractivity contribution is 6.04. The number of carbonyl (C=O) groups is 1. The molecule has 0 saturated carbocycles. The number of carbonyl (C=O) groups excluding carboxylic acids is 1. The third-order valence-electron chi connectivity index (χ3n) is 5.87. The summed E-state index contributed by atoms with van der Waals surface area (Å²) in [5, 5.41) is 50.1. The van der Waals surface area contributed by atoms with Crippen LogP contribution in [-0.2, 0) is 4.74 Å². The van der Waals surface area contributed by atoms with Gasteiger partial charge in [-0.15, -0.1) is 0 Å². The highest BCUT2D eigenvalue weighted by Gasteiger charge is 2.45.